The van der Waals surface area contributed by atoms with Gasteiger partial charge in [-0.3, -0.25) is 4.79 Å². The van der Waals surface area contributed by atoms with Gasteiger partial charge in [0.15, 0.2) is 0 Å². The molecule has 106 valence electrons. The highest BCUT2D eigenvalue weighted by Gasteiger charge is 2.25. The number of benzene rings is 2. The lowest BCUT2D eigenvalue weighted by Gasteiger charge is -2.29. The van der Waals surface area contributed by atoms with E-state index in [0.29, 0.717) is 18.0 Å². The highest BCUT2D eigenvalue weighted by Crippen LogP contribution is 2.36. The fourth-order valence-electron chi connectivity index (χ4n) is 2.27. The van der Waals surface area contributed by atoms with Crippen molar-refractivity contribution in [3.05, 3.63) is 59.7 Å². The van der Waals surface area contributed by atoms with E-state index in [-0.39, 0.29) is 11.5 Å². The third-order valence-corrected chi connectivity index (χ3v) is 4.37. The van der Waals surface area contributed by atoms with E-state index in [1.165, 1.54) is 23.9 Å². The second-order valence-corrected chi connectivity index (χ2v) is 5.74. The maximum absolute atomic E-state index is 12.2. The summed E-state index contributed by atoms with van der Waals surface area (Å²) in [5.41, 5.74) is 1.73. The van der Waals surface area contributed by atoms with Crippen LogP contribution in [0.1, 0.15) is 15.9 Å². The van der Waals surface area contributed by atoms with Gasteiger partial charge in [0, 0.05) is 4.90 Å². The minimum Gasteiger partial charge on any atom is -0.545 e. The number of rotatable bonds is 3. The number of anilines is 1. The van der Waals surface area contributed by atoms with Crippen molar-refractivity contribution in [2.75, 3.05) is 10.7 Å². The Bertz CT molecular complexity index is 700. The minimum absolute atomic E-state index is 0.0214. The molecule has 1 amide bonds. The highest BCUT2D eigenvalue weighted by atomic mass is 32.2. The van der Waals surface area contributed by atoms with Gasteiger partial charge < -0.3 is 14.8 Å². The maximum atomic E-state index is 12.2. The van der Waals surface area contributed by atoms with Crippen molar-refractivity contribution in [1.29, 1.82) is 0 Å². The number of fused-ring (bicyclic) bond motifs is 1. The molecule has 0 radical (unpaired) electrons. The van der Waals surface area contributed by atoms with E-state index in [1.54, 1.807) is 11.0 Å². The number of amides is 1. The number of hydrogen-bond acceptors (Lipinski definition) is 4. The molecule has 2 aromatic carbocycles. The molecule has 1 aliphatic heterocycles. The standard InChI is InChI=1S/C16H13NO3S/c18-15-10-21-14-7-6-12(16(19)20)8-13(14)17(15)9-11-4-2-1-3-5-11/h1-8H,9-10H2,(H,19,20)/p-1. The van der Waals surface area contributed by atoms with Gasteiger partial charge in [-0.15, -0.1) is 11.8 Å². The van der Waals surface area contributed by atoms with Crippen LogP contribution in [-0.2, 0) is 11.3 Å². The lowest BCUT2D eigenvalue weighted by molar-refractivity contribution is -0.255. The fourth-order valence-corrected chi connectivity index (χ4v) is 3.18. The van der Waals surface area contributed by atoms with E-state index < -0.39 is 5.97 Å². The number of aromatic carboxylic acids is 1. The molecular formula is C16H12NO3S-. The van der Waals surface area contributed by atoms with Crippen molar-refractivity contribution in [3.63, 3.8) is 0 Å². The summed E-state index contributed by atoms with van der Waals surface area (Å²) in [6.07, 6.45) is 0. The molecule has 0 atom stereocenters. The van der Waals surface area contributed by atoms with Gasteiger partial charge >= 0.3 is 0 Å². The zero-order valence-corrected chi connectivity index (χ0v) is 11.9. The highest BCUT2D eigenvalue weighted by molar-refractivity contribution is 8.00. The third kappa shape index (κ3) is 2.78. The second kappa shape index (κ2) is 5.61. The van der Waals surface area contributed by atoms with Crippen LogP contribution in [0, 0.1) is 0 Å². The van der Waals surface area contributed by atoms with Gasteiger partial charge in [0.25, 0.3) is 0 Å². The van der Waals surface area contributed by atoms with E-state index in [0.717, 1.165) is 10.5 Å². The van der Waals surface area contributed by atoms with Crippen LogP contribution < -0.4 is 10.0 Å². The molecule has 0 saturated heterocycles. The summed E-state index contributed by atoms with van der Waals surface area (Å²) in [5, 5.41) is 11.0. The number of carbonyl (C=O) groups excluding carboxylic acids is 2. The molecule has 0 spiro atoms. The van der Waals surface area contributed by atoms with Crippen molar-refractivity contribution in [2.24, 2.45) is 0 Å². The zero-order valence-electron chi connectivity index (χ0n) is 11.1. The minimum atomic E-state index is -1.24. The van der Waals surface area contributed by atoms with Gasteiger partial charge in [0.1, 0.15) is 0 Å². The van der Waals surface area contributed by atoms with Crippen molar-refractivity contribution in [3.8, 4) is 0 Å². The quantitative estimate of drug-likeness (QED) is 0.865. The van der Waals surface area contributed by atoms with Crippen LogP contribution in [0.2, 0.25) is 0 Å². The summed E-state index contributed by atoms with van der Waals surface area (Å²) in [5.74, 6) is -0.892. The molecule has 0 aromatic heterocycles. The molecule has 0 unspecified atom stereocenters. The van der Waals surface area contributed by atoms with Crippen molar-refractivity contribution in [2.45, 2.75) is 11.4 Å². The van der Waals surface area contributed by atoms with E-state index >= 15 is 0 Å². The lowest BCUT2D eigenvalue weighted by Crippen LogP contribution is -2.35. The largest absolute Gasteiger partial charge is 0.545 e. The average molecular weight is 298 g/mol. The Labute approximate surface area is 126 Å². The van der Waals surface area contributed by atoms with E-state index in [1.807, 2.05) is 30.3 Å². The first-order valence-corrected chi connectivity index (χ1v) is 7.46. The molecule has 4 nitrogen and oxygen atoms in total. The van der Waals surface area contributed by atoms with Gasteiger partial charge in [-0.1, -0.05) is 36.4 Å². The fraction of sp³-hybridized carbons (Fsp3) is 0.125. The molecule has 5 heteroatoms. The zero-order chi connectivity index (χ0) is 14.8. The number of nitrogens with zero attached hydrogens (tertiary/aromatic N) is 1. The van der Waals surface area contributed by atoms with Crippen LogP contribution in [-0.4, -0.2) is 17.6 Å². The number of carbonyl (C=O) groups is 2. The van der Waals surface area contributed by atoms with Crippen LogP contribution in [0.25, 0.3) is 0 Å². The van der Waals surface area contributed by atoms with Crippen LogP contribution in [0.4, 0.5) is 5.69 Å². The monoisotopic (exact) mass is 298 g/mol. The Morgan fingerprint density at radius 3 is 2.67 bits per heavy atom. The summed E-state index contributed by atoms with van der Waals surface area (Å²) in [4.78, 5) is 25.7. The Morgan fingerprint density at radius 1 is 1.19 bits per heavy atom. The summed E-state index contributed by atoms with van der Waals surface area (Å²) >= 11 is 1.43. The van der Waals surface area contributed by atoms with E-state index in [2.05, 4.69) is 0 Å². The lowest BCUT2D eigenvalue weighted by atomic mass is 10.1. The number of carboxylic acids is 1. The van der Waals surface area contributed by atoms with Gasteiger partial charge in [0.05, 0.1) is 24.0 Å². The molecule has 0 N–H and O–H groups in total. The van der Waals surface area contributed by atoms with Crippen LogP contribution in [0.3, 0.4) is 0 Å². The first-order chi connectivity index (χ1) is 10.1. The van der Waals surface area contributed by atoms with Gasteiger partial charge in [-0.2, -0.15) is 0 Å². The van der Waals surface area contributed by atoms with E-state index in [4.69, 9.17) is 0 Å². The summed E-state index contributed by atoms with van der Waals surface area (Å²) in [7, 11) is 0. The van der Waals surface area contributed by atoms with Crippen LogP contribution in [0.5, 0.6) is 0 Å². The number of thioether (sulfide) groups is 1. The predicted octanol–water partition coefficient (Wildman–Crippen LogP) is 1.69. The SMILES string of the molecule is O=C([O-])c1ccc2c(c1)N(Cc1ccccc1)C(=O)CS2. The molecule has 0 bridgehead atoms. The van der Waals surface area contributed by atoms with Gasteiger partial charge in [-0.25, -0.2) is 0 Å². The number of carboxylic acid groups (broad SMARTS) is 1. The average Bonchev–Trinajstić information content (AvgIpc) is 2.50. The normalized spacial score (nSPS) is 13.9. The third-order valence-electron chi connectivity index (χ3n) is 3.32. The smallest absolute Gasteiger partial charge is 0.237 e. The Hall–Kier alpha value is -2.27. The topological polar surface area (TPSA) is 60.4 Å². The predicted molar refractivity (Wildman–Crippen MR) is 79.1 cm³/mol. The van der Waals surface area contributed by atoms with Gasteiger partial charge in [0.2, 0.25) is 5.91 Å². The molecule has 2 aromatic rings. The molecule has 1 aliphatic rings. The Kier molecular flexibility index (Phi) is 3.66. The van der Waals surface area contributed by atoms with Crippen LogP contribution >= 0.6 is 11.8 Å². The van der Waals surface area contributed by atoms with Crippen molar-refractivity contribution in [1.82, 2.24) is 0 Å². The first kappa shape index (κ1) is 13.7. The second-order valence-electron chi connectivity index (χ2n) is 4.72. The molecule has 3 rings (SSSR count). The molecule has 0 saturated carbocycles. The van der Waals surface area contributed by atoms with Gasteiger partial charge in [-0.05, 0) is 23.3 Å². The maximum Gasteiger partial charge on any atom is 0.237 e. The van der Waals surface area contributed by atoms with Crippen LogP contribution in [0.15, 0.2) is 53.4 Å². The summed E-state index contributed by atoms with van der Waals surface area (Å²) < 4.78 is 0. The Morgan fingerprint density at radius 2 is 1.95 bits per heavy atom. The summed E-state index contributed by atoms with van der Waals surface area (Å²) in [6, 6.07) is 14.4. The van der Waals surface area contributed by atoms with Crippen molar-refractivity contribution < 1.29 is 14.7 Å². The molecule has 21 heavy (non-hydrogen) atoms. The number of hydrogen-bond donors (Lipinski definition) is 0. The molecule has 1 heterocycles. The first-order valence-electron chi connectivity index (χ1n) is 6.47. The molecular weight excluding hydrogens is 286 g/mol. The molecule has 0 aliphatic carbocycles. The summed E-state index contributed by atoms with van der Waals surface area (Å²) in [6.45, 7) is 0.434. The van der Waals surface area contributed by atoms with E-state index in [9.17, 15) is 14.7 Å². The molecule has 0 fully saturated rings. The van der Waals surface area contributed by atoms with Crippen molar-refractivity contribution >= 4 is 29.3 Å². The Balaban J connectivity index is 1.99.